The Morgan fingerprint density at radius 1 is 0.947 bits per heavy atom. The van der Waals surface area contributed by atoms with Crippen LogP contribution in [0.4, 0.5) is 0 Å². The first-order valence-corrected chi connectivity index (χ1v) is 8.68. The van der Waals surface area contributed by atoms with Crippen molar-refractivity contribution in [2.45, 2.75) is 84.6 Å². The van der Waals surface area contributed by atoms with Crippen LogP contribution in [0.15, 0.2) is 0 Å². The molecule has 3 atom stereocenters. The minimum Gasteiger partial charge on any atom is -0.379 e. The van der Waals surface area contributed by atoms with Crippen LogP contribution in [0.25, 0.3) is 0 Å². The van der Waals surface area contributed by atoms with Crippen LogP contribution in [0.2, 0.25) is 0 Å². The molecule has 0 aromatic carbocycles. The predicted octanol–water partition coefficient (Wildman–Crippen LogP) is 5.09. The summed E-state index contributed by atoms with van der Waals surface area (Å²) >= 11 is 5.00. The highest BCUT2D eigenvalue weighted by Gasteiger charge is 2.45. The molecule has 2 heteroatoms. The van der Waals surface area contributed by atoms with E-state index in [9.17, 15) is 0 Å². The number of hydrogen-bond acceptors (Lipinski definition) is 1. The lowest BCUT2D eigenvalue weighted by atomic mass is 9.56. The van der Waals surface area contributed by atoms with E-state index in [-0.39, 0.29) is 0 Å². The topological polar surface area (TPSA) is 12.0 Å². The average molecular weight is 282 g/mol. The van der Waals surface area contributed by atoms with Gasteiger partial charge in [-0.3, -0.25) is 0 Å². The maximum Gasteiger partial charge on any atom is 0.0617 e. The Balaban J connectivity index is 2.09. The number of hydrogen-bond donors (Lipinski definition) is 1. The molecule has 0 radical (unpaired) electrons. The maximum absolute atomic E-state index is 5.00. The third kappa shape index (κ3) is 3.15. The summed E-state index contributed by atoms with van der Waals surface area (Å²) in [7, 11) is 0. The summed E-state index contributed by atoms with van der Waals surface area (Å²) in [4.78, 5) is 0. The summed E-state index contributed by atoms with van der Waals surface area (Å²) < 4.78 is 0. The Hall–Kier alpha value is -0.110. The zero-order valence-electron chi connectivity index (χ0n) is 13.0. The average Bonchev–Trinajstić information content (AvgIpc) is 2.54. The lowest BCUT2D eigenvalue weighted by molar-refractivity contribution is 0.0133. The van der Waals surface area contributed by atoms with Gasteiger partial charge in [-0.15, -0.1) is 0 Å². The van der Waals surface area contributed by atoms with Gasteiger partial charge in [-0.25, -0.2) is 0 Å². The van der Waals surface area contributed by atoms with Crippen LogP contribution in [0.5, 0.6) is 0 Å². The molecule has 2 rings (SSSR count). The molecule has 0 bridgehead atoms. The zero-order chi connectivity index (χ0) is 13.9. The smallest absolute Gasteiger partial charge is 0.0617 e. The first-order valence-electron chi connectivity index (χ1n) is 8.20. The second kappa shape index (κ2) is 6.11. The summed E-state index contributed by atoms with van der Waals surface area (Å²) in [5.74, 6) is 0.758. The Morgan fingerprint density at radius 2 is 1.53 bits per heavy atom. The first-order chi connectivity index (χ1) is 9.01. The van der Waals surface area contributed by atoms with Crippen molar-refractivity contribution >= 4 is 17.7 Å². The molecule has 110 valence electrons. The number of rotatable bonds is 3. The molecule has 1 nitrogen and oxygen atoms in total. The van der Waals surface area contributed by atoms with E-state index in [4.69, 9.17) is 12.2 Å². The molecule has 0 spiro atoms. The summed E-state index contributed by atoms with van der Waals surface area (Å²) in [5, 5.41) is 3.42. The highest BCUT2D eigenvalue weighted by atomic mass is 32.1. The third-order valence-corrected chi connectivity index (χ3v) is 6.68. The highest BCUT2D eigenvalue weighted by Crippen LogP contribution is 2.56. The van der Waals surface area contributed by atoms with E-state index >= 15 is 0 Å². The predicted molar refractivity (Wildman–Crippen MR) is 87.5 cm³/mol. The lowest BCUT2D eigenvalue weighted by Crippen LogP contribution is -2.39. The molecule has 1 N–H and O–H groups in total. The van der Waals surface area contributed by atoms with Crippen molar-refractivity contribution in [1.29, 1.82) is 0 Å². The van der Waals surface area contributed by atoms with Crippen LogP contribution in [0.3, 0.4) is 0 Å². The van der Waals surface area contributed by atoms with E-state index < -0.39 is 0 Å². The molecular weight excluding hydrogens is 250 g/mol. The molecular formula is C17H31NS. The van der Waals surface area contributed by atoms with Crippen molar-refractivity contribution in [2.24, 2.45) is 16.7 Å². The Morgan fingerprint density at radius 3 is 2.16 bits per heavy atom. The number of nitrogens with one attached hydrogen (secondary N) is 1. The van der Waals surface area contributed by atoms with Gasteiger partial charge in [0.25, 0.3) is 0 Å². The van der Waals surface area contributed by atoms with Gasteiger partial charge in [0.05, 0.1) is 5.49 Å². The molecule has 2 fully saturated rings. The molecule has 2 aliphatic rings. The van der Waals surface area contributed by atoms with Gasteiger partial charge in [0.15, 0.2) is 0 Å². The molecule has 0 saturated heterocycles. The molecule has 19 heavy (non-hydrogen) atoms. The van der Waals surface area contributed by atoms with Gasteiger partial charge in [0.2, 0.25) is 0 Å². The Bertz CT molecular complexity index is 308. The van der Waals surface area contributed by atoms with Crippen LogP contribution in [0, 0.1) is 16.7 Å². The number of thiocarbonyl (C=S) groups is 1. The molecule has 2 saturated carbocycles. The van der Waals surface area contributed by atoms with E-state index in [1.807, 2.05) is 0 Å². The van der Waals surface area contributed by atoms with E-state index in [1.54, 1.807) is 5.49 Å². The molecule has 0 heterocycles. The third-order valence-electron chi connectivity index (χ3n) is 6.54. The van der Waals surface area contributed by atoms with Crippen molar-refractivity contribution in [1.82, 2.24) is 5.32 Å². The molecule has 3 unspecified atom stereocenters. The van der Waals surface area contributed by atoms with Crippen LogP contribution >= 0.6 is 12.2 Å². The molecule has 0 amide bonds. The lowest BCUT2D eigenvalue weighted by Gasteiger charge is -2.49. The van der Waals surface area contributed by atoms with Gasteiger partial charge >= 0.3 is 0 Å². The Kier molecular flexibility index (Phi) is 4.92. The minimum absolute atomic E-state index is 0.541. The summed E-state index contributed by atoms with van der Waals surface area (Å²) in [5.41, 5.74) is 2.85. The van der Waals surface area contributed by atoms with Crippen molar-refractivity contribution in [3.8, 4) is 0 Å². The largest absolute Gasteiger partial charge is 0.379 e. The summed E-state index contributed by atoms with van der Waals surface area (Å²) in [6.07, 6.45) is 12.7. The minimum atomic E-state index is 0.541. The normalized spacial score (nSPS) is 39.3. The fourth-order valence-corrected chi connectivity index (χ4v) is 4.68. The fraction of sp³-hybridized carbons (Fsp3) is 0.941. The summed E-state index contributed by atoms with van der Waals surface area (Å²) in [6.45, 7) is 7.54. The van der Waals surface area contributed by atoms with Crippen molar-refractivity contribution < 1.29 is 0 Å². The van der Waals surface area contributed by atoms with E-state index in [1.165, 1.54) is 57.8 Å². The van der Waals surface area contributed by atoms with Gasteiger partial charge in [-0.1, -0.05) is 52.3 Å². The van der Waals surface area contributed by atoms with Gasteiger partial charge < -0.3 is 5.32 Å². The molecule has 0 aromatic rings. The van der Waals surface area contributed by atoms with Gasteiger partial charge in [0.1, 0.15) is 0 Å². The first kappa shape index (κ1) is 15.3. The van der Waals surface area contributed by atoms with Gasteiger partial charge in [-0.2, -0.15) is 0 Å². The molecule has 0 aromatic heterocycles. The van der Waals surface area contributed by atoms with E-state index in [0.717, 1.165) is 5.92 Å². The maximum atomic E-state index is 5.00. The second-order valence-electron chi connectivity index (χ2n) is 7.63. The van der Waals surface area contributed by atoms with Crippen molar-refractivity contribution in [3.05, 3.63) is 0 Å². The van der Waals surface area contributed by atoms with Crippen LogP contribution in [-0.2, 0) is 0 Å². The van der Waals surface area contributed by atoms with Crippen LogP contribution < -0.4 is 5.32 Å². The van der Waals surface area contributed by atoms with E-state index in [0.29, 0.717) is 16.9 Å². The van der Waals surface area contributed by atoms with E-state index in [2.05, 4.69) is 26.1 Å². The Labute approximate surface area is 124 Å². The van der Waals surface area contributed by atoms with Crippen LogP contribution in [0.1, 0.15) is 78.6 Å². The zero-order valence-corrected chi connectivity index (χ0v) is 13.8. The highest BCUT2D eigenvalue weighted by molar-refractivity contribution is 7.78. The van der Waals surface area contributed by atoms with Crippen LogP contribution in [-0.4, -0.2) is 11.5 Å². The monoisotopic (exact) mass is 281 g/mol. The quantitative estimate of drug-likeness (QED) is 0.571. The van der Waals surface area contributed by atoms with Gasteiger partial charge in [-0.05, 0) is 55.3 Å². The molecule has 2 aliphatic carbocycles. The standard InChI is InChI=1S/C17H31NS/c1-14-7-11-17(3,12-8-15(14)18-13-19)16(2)9-5-4-6-10-16/h13-15H,4-12H2,1-3H3,(H,18,19). The summed E-state index contributed by atoms with van der Waals surface area (Å²) in [6, 6.07) is 0.603. The van der Waals surface area contributed by atoms with Gasteiger partial charge in [0, 0.05) is 6.04 Å². The SMILES string of the molecule is CC1CCC(C)(C2(C)CCCCC2)CCC1NC=S. The van der Waals surface area contributed by atoms with Crippen molar-refractivity contribution in [3.63, 3.8) is 0 Å². The second-order valence-corrected chi connectivity index (χ2v) is 7.86. The fourth-order valence-electron chi connectivity index (χ4n) is 4.51. The van der Waals surface area contributed by atoms with Crippen molar-refractivity contribution in [2.75, 3.05) is 0 Å². The molecule has 0 aliphatic heterocycles.